The normalized spacial score (nSPS) is 10.3. The largest absolute Gasteiger partial charge is 0.484 e. The first-order chi connectivity index (χ1) is 10.7. The predicted molar refractivity (Wildman–Crippen MR) is 85.5 cm³/mol. The minimum Gasteiger partial charge on any atom is -0.484 e. The van der Waals surface area contributed by atoms with Crippen LogP contribution in [0.4, 0.5) is 0 Å². The number of carbonyl (C=O) groups excluding carboxylic acids is 1. The predicted octanol–water partition coefficient (Wildman–Crippen LogP) is 2.44. The van der Waals surface area contributed by atoms with Gasteiger partial charge in [0.05, 0.1) is 6.61 Å². The molecule has 0 heterocycles. The molecule has 0 radical (unpaired) electrons. The summed E-state index contributed by atoms with van der Waals surface area (Å²) in [5, 5.41) is 12.0. The fourth-order valence-corrected chi connectivity index (χ4v) is 2.10. The van der Waals surface area contributed by atoms with Gasteiger partial charge in [0.1, 0.15) is 5.75 Å². The number of aliphatic hydroxyl groups is 1. The summed E-state index contributed by atoms with van der Waals surface area (Å²) in [6.45, 7) is 2.42. The van der Waals surface area contributed by atoms with Crippen molar-refractivity contribution in [1.29, 1.82) is 0 Å². The second-order valence-electron chi connectivity index (χ2n) is 4.99. The van der Waals surface area contributed by atoms with Crippen LogP contribution in [0.5, 0.6) is 5.75 Å². The Kier molecular flexibility index (Phi) is 5.98. The average molecular weight is 299 g/mol. The van der Waals surface area contributed by atoms with Gasteiger partial charge in [-0.25, -0.2) is 0 Å². The number of rotatable bonds is 7. The first kappa shape index (κ1) is 16.0. The lowest BCUT2D eigenvalue weighted by Crippen LogP contribution is -2.28. The fraction of sp³-hybridized carbons (Fsp3) is 0.278. The van der Waals surface area contributed by atoms with E-state index in [1.807, 2.05) is 48.5 Å². The van der Waals surface area contributed by atoms with Crippen molar-refractivity contribution in [1.82, 2.24) is 5.32 Å². The molecule has 0 unspecified atom stereocenters. The summed E-state index contributed by atoms with van der Waals surface area (Å²) in [6, 6.07) is 15.2. The number of amides is 1. The van der Waals surface area contributed by atoms with Crippen molar-refractivity contribution in [3.63, 3.8) is 0 Å². The summed E-state index contributed by atoms with van der Waals surface area (Å²) >= 11 is 0. The molecule has 0 saturated carbocycles. The number of hydrogen-bond donors (Lipinski definition) is 2. The average Bonchev–Trinajstić information content (AvgIpc) is 2.58. The van der Waals surface area contributed by atoms with Gasteiger partial charge in [-0.05, 0) is 35.2 Å². The van der Waals surface area contributed by atoms with Crippen LogP contribution in [0.25, 0.3) is 0 Å². The number of carbonyl (C=O) groups is 1. The minimum absolute atomic E-state index is 0.0211. The van der Waals surface area contributed by atoms with Crippen LogP contribution < -0.4 is 10.1 Å². The zero-order chi connectivity index (χ0) is 15.8. The van der Waals surface area contributed by atoms with Crippen molar-refractivity contribution >= 4 is 5.91 Å². The maximum absolute atomic E-state index is 11.8. The van der Waals surface area contributed by atoms with E-state index in [4.69, 9.17) is 4.74 Å². The lowest BCUT2D eigenvalue weighted by Gasteiger charge is -2.10. The van der Waals surface area contributed by atoms with Crippen molar-refractivity contribution in [3.05, 3.63) is 65.2 Å². The molecule has 0 bridgehead atoms. The highest BCUT2D eigenvalue weighted by Crippen LogP contribution is 2.12. The monoisotopic (exact) mass is 299 g/mol. The lowest BCUT2D eigenvalue weighted by atomic mass is 10.1. The zero-order valence-electron chi connectivity index (χ0n) is 12.7. The van der Waals surface area contributed by atoms with E-state index in [0.717, 1.165) is 17.5 Å². The molecule has 2 aromatic carbocycles. The summed E-state index contributed by atoms with van der Waals surface area (Å²) in [4.78, 5) is 11.8. The quantitative estimate of drug-likeness (QED) is 0.825. The molecule has 116 valence electrons. The van der Waals surface area contributed by atoms with Crippen molar-refractivity contribution in [2.75, 3.05) is 6.61 Å². The summed E-state index contributed by atoms with van der Waals surface area (Å²) < 4.78 is 5.45. The molecule has 0 fully saturated rings. The number of nitrogens with one attached hydrogen (secondary N) is 1. The molecule has 1 amide bonds. The Hall–Kier alpha value is -2.33. The molecule has 2 rings (SSSR count). The fourth-order valence-electron chi connectivity index (χ4n) is 2.10. The van der Waals surface area contributed by atoms with Crippen LogP contribution in [-0.4, -0.2) is 17.6 Å². The van der Waals surface area contributed by atoms with Gasteiger partial charge in [0.2, 0.25) is 0 Å². The van der Waals surface area contributed by atoms with E-state index >= 15 is 0 Å². The molecule has 4 heteroatoms. The molecule has 0 aromatic heterocycles. The molecule has 0 saturated heterocycles. The van der Waals surface area contributed by atoms with E-state index in [-0.39, 0.29) is 19.1 Å². The van der Waals surface area contributed by atoms with Crippen LogP contribution in [0.1, 0.15) is 23.6 Å². The third-order valence-corrected chi connectivity index (χ3v) is 3.47. The maximum atomic E-state index is 11.8. The standard InChI is InChI=1S/C18H21NO3/c1-2-14-7-9-17(10-8-14)22-13-18(21)19-11-15-5-3-4-6-16(15)12-20/h3-10,20H,2,11-13H2,1H3,(H,19,21). The molecule has 2 N–H and O–H groups in total. The highest BCUT2D eigenvalue weighted by atomic mass is 16.5. The van der Waals surface area contributed by atoms with Gasteiger partial charge < -0.3 is 15.2 Å². The summed E-state index contributed by atoms with van der Waals surface area (Å²) in [5.41, 5.74) is 2.96. The maximum Gasteiger partial charge on any atom is 0.258 e. The third-order valence-electron chi connectivity index (χ3n) is 3.47. The van der Waals surface area contributed by atoms with Crippen LogP contribution in [-0.2, 0) is 24.4 Å². The summed E-state index contributed by atoms with van der Waals surface area (Å²) in [6.07, 6.45) is 0.977. The Balaban J connectivity index is 1.80. The molecule has 0 aliphatic rings. The Morgan fingerprint density at radius 2 is 1.77 bits per heavy atom. The number of aliphatic hydroxyl groups excluding tert-OH is 1. The van der Waals surface area contributed by atoms with Crippen molar-refractivity contribution < 1.29 is 14.6 Å². The Bertz CT molecular complexity index is 608. The molecule has 22 heavy (non-hydrogen) atoms. The van der Waals surface area contributed by atoms with E-state index in [0.29, 0.717) is 12.3 Å². The van der Waals surface area contributed by atoms with E-state index < -0.39 is 0 Å². The zero-order valence-corrected chi connectivity index (χ0v) is 12.7. The van der Waals surface area contributed by atoms with Gasteiger partial charge in [0, 0.05) is 6.54 Å². The first-order valence-corrected chi connectivity index (χ1v) is 7.39. The van der Waals surface area contributed by atoms with Crippen molar-refractivity contribution in [2.45, 2.75) is 26.5 Å². The van der Waals surface area contributed by atoms with Crippen LogP contribution in [0.15, 0.2) is 48.5 Å². The third kappa shape index (κ3) is 4.60. The van der Waals surface area contributed by atoms with Gasteiger partial charge in [-0.3, -0.25) is 4.79 Å². The highest BCUT2D eigenvalue weighted by molar-refractivity contribution is 5.77. The topological polar surface area (TPSA) is 58.6 Å². The van der Waals surface area contributed by atoms with Gasteiger partial charge in [0.25, 0.3) is 5.91 Å². The molecule has 0 aliphatic heterocycles. The summed E-state index contributed by atoms with van der Waals surface area (Å²) in [5.74, 6) is 0.496. The second-order valence-corrected chi connectivity index (χ2v) is 4.99. The SMILES string of the molecule is CCc1ccc(OCC(=O)NCc2ccccc2CO)cc1. The molecule has 0 atom stereocenters. The van der Waals surface area contributed by atoms with Crippen molar-refractivity contribution in [2.24, 2.45) is 0 Å². The Labute approximate surface area is 130 Å². The number of aryl methyl sites for hydroxylation is 1. The van der Waals surface area contributed by atoms with Gasteiger partial charge in [-0.1, -0.05) is 43.3 Å². The first-order valence-electron chi connectivity index (χ1n) is 7.39. The van der Waals surface area contributed by atoms with E-state index in [1.165, 1.54) is 5.56 Å². The van der Waals surface area contributed by atoms with Crippen LogP contribution in [0.2, 0.25) is 0 Å². The van der Waals surface area contributed by atoms with Crippen molar-refractivity contribution in [3.8, 4) is 5.75 Å². The van der Waals surface area contributed by atoms with Crippen LogP contribution in [0, 0.1) is 0 Å². The van der Waals surface area contributed by atoms with Crippen LogP contribution >= 0.6 is 0 Å². The molecule has 4 nitrogen and oxygen atoms in total. The molecular formula is C18H21NO3. The van der Waals surface area contributed by atoms with Gasteiger partial charge >= 0.3 is 0 Å². The molecular weight excluding hydrogens is 278 g/mol. The van der Waals surface area contributed by atoms with Gasteiger partial charge in [-0.2, -0.15) is 0 Å². The second kappa shape index (κ2) is 8.20. The Morgan fingerprint density at radius 1 is 1.09 bits per heavy atom. The smallest absolute Gasteiger partial charge is 0.258 e. The van der Waals surface area contributed by atoms with E-state index in [9.17, 15) is 9.90 Å². The van der Waals surface area contributed by atoms with E-state index in [1.54, 1.807) is 0 Å². The van der Waals surface area contributed by atoms with E-state index in [2.05, 4.69) is 12.2 Å². The van der Waals surface area contributed by atoms with Gasteiger partial charge in [0.15, 0.2) is 6.61 Å². The number of hydrogen-bond acceptors (Lipinski definition) is 3. The highest BCUT2D eigenvalue weighted by Gasteiger charge is 2.05. The summed E-state index contributed by atoms with van der Waals surface area (Å²) in [7, 11) is 0. The Morgan fingerprint density at radius 3 is 2.41 bits per heavy atom. The molecule has 0 spiro atoms. The van der Waals surface area contributed by atoms with Gasteiger partial charge in [-0.15, -0.1) is 0 Å². The number of ether oxygens (including phenoxy) is 1. The van der Waals surface area contributed by atoms with Crippen LogP contribution in [0.3, 0.4) is 0 Å². The lowest BCUT2D eigenvalue weighted by molar-refractivity contribution is -0.123. The molecule has 0 aliphatic carbocycles. The minimum atomic E-state index is -0.188. The molecule has 2 aromatic rings. The number of benzene rings is 2.